The molecule has 0 aromatic heterocycles. The minimum atomic E-state index is 0.543. The highest BCUT2D eigenvalue weighted by Gasteiger charge is 2.03. The van der Waals surface area contributed by atoms with Gasteiger partial charge in [0.1, 0.15) is 11.8 Å². The monoisotopic (exact) mass is 254 g/mol. The summed E-state index contributed by atoms with van der Waals surface area (Å²) in [6.45, 7) is 1.14. The number of hydrogen-bond donors (Lipinski definition) is 1. The quantitative estimate of drug-likeness (QED) is 0.837. The highest BCUT2D eigenvalue weighted by molar-refractivity contribution is 9.10. The molecular weight excluding hydrogens is 244 g/mol. The maximum absolute atomic E-state index is 8.80. The van der Waals surface area contributed by atoms with E-state index in [0.717, 1.165) is 10.9 Å². The molecule has 1 aromatic rings. The molecule has 2 N–H and O–H groups in total. The lowest BCUT2D eigenvalue weighted by molar-refractivity contribution is 0.312. The average Bonchev–Trinajstić information content (AvgIpc) is 2.19. The van der Waals surface area contributed by atoms with Crippen molar-refractivity contribution in [2.24, 2.45) is 5.73 Å². The Morgan fingerprint density at radius 3 is 2.93 bits per heavy atom. The molecule has 0 spiro atoms. The van der Waals surface area contributed by atoms with E-state index in [4.69, 9.17) is 15.7 Å². The van der Waals surface area contributed by atoms with Gasteiger partial charge < -0.3 is 10.5 Å². The van der Waals surface area contributed by atoms with E-state index in [9.17, 15) is 0 Å². The Bertz CT molecular complexity index is 346. The fourth-order valence-electron chi connectivity index (χ4n) is 0.973. The number of rotatable bonds is 4. The third kappa shape index (κ3) is 3.02. The minimum absolute atomic E-state index is 0.543. The van der Waals surface area contributed by atoms with E-state index < -0.39 is 0 Å². The van der Waals surface area contributed by atoms with Crippen molar-refractivity contribution in [1.82, 2.24) is 0 Å². The van der Waals surface area contributed by atoms with E-state index in [1.807, 2.05) is 6.07 Å². The zero-order valence-electron chi connectivity index (χ0n) is 7.66. The van der Waals surface area contributed by atoms with Crippen molar-refractivity contribution in [3.05, 3.63) is 28.2 Å². The summed E-state index contributed by atoms with van der Waals surface area (Å²) in [6.07, 6.45) is 0.789. The lowest BCUT2D eigenvalue weighted by Crippen LogP contribution is -2.06. The van der Waals surface area contributed by atoms with Gasteiger partial charge in [0, 0.05) is 4.47 Å². The molecule has 1 rings (SSSR count). The van der Waals surface area contributed by atoms with Gasteiger partial charge in [-0.1, -0.05) is 15.9 Å². The van der Waals surface area contributed by atoms with Crippen molar-refractivity contribution in [2.75, 3.05) is 13.2 Å². The first-order valence-corrected chi connectivity index (χ1v) is 5.09. The van der Waals surface area contributed by atoms with Crippen LogP contribution in [0.4, 0.5) is 0 Å². The van der Waals surface area contributed by atoms with Gasteiger partial charge >= 0.3 is 0 Å². The lowest BCUT2D eigenvalue weighted by atomic mass is 10.2. The van der Waals surface area contributed by atoms with Crippen LogP contribution in [0.1, 0.15) is 12.0 Å². The van der Waals surface area contributed by atoms with Crippen LogP contribution >= 0.6 is 15.9 Å². The fourth-order valence-corrected chi connectivity index (χ4v) is 1.31. The Morgan fingerprint density at radius 2 is 2.29 bits per heavy atom. The van der Waals surface area contributed by atoms with Crippen molar-refractivity contribution < 1.29 is 4.74 Å². The molecule has 0 aliphatic rings. The molecule has 0 radical (unpaired) electrons. The summed E-state index contributed by atoms with van der Waals surface area (Å²) >= 11 is 3.32. The Balaban J connectivity index is 2.73. The Hall–Kier alpha value is -1.05. The van der Waals surface area contributed by atoms with E-state index >= 15 is 0 Å². The highest BCUT2D eigenvalue weighted by Crippen LogP contribution is 2.22. The summed E-state index contributed by atoms with van der Waals surface area (Å²) in [7, 11) is 0. The standard InChI is InChI=1S/C10H11BrN2O/c11-9-3-2-8(7-13)10(6-9)14-5-1-4-12/h2-3,6H,1,4-5,12H2. The molecule has 0 saturated heterocycles. The highest BCUT2D eigenvalue weighted by atomic mass is 79.9. The molecule has 0 unspecified atom stereocenters. The molecular formula is C10H11BrN2O. The number of ether oxygens (including phenoxy) is 1. The van der Waals surface area contributed by atoms with Crippen molar-refractivity contribution in [1.29, 1.82) is 5.26 Å². The number of hydrogen-bond acceptors (Lipinski definition) is 3. The summed E-state index contributed by atoms with van der Waals surface area (Å²) < 4.78 is 6.32. The van der Waals surface area contributed by atoms with Gasteiger partial charge in [-0.2, -0.15) is 5.26 Å². The molecule has 3 nitrogen and oxygen atoms in total. The minimum Gasteiger partial charge on any atom is -0.492 e. The van der Waals surface area contributed by atoms with Crippen LogP contribution in [0.15, 0.2) is 22.7 Å². The number of nitrogens with zero attached hydrogens (tertiary/aromatic N) is 1. The second-order valence-electron chi connectivity index (χ2n) is 2.74. The van der Waals surface area contributed by atoms with Gasteiger partial charge in [-0.25, -0.2) is 0 Å². The van der Waals surface area contributed by atoms with Crippen molar-refractivity contribution in [2.45, 2.75) is 6.42 Å². The van der Waals surface area contributed by atoms with Crippen LogP contribution in [0, 0.1) is 11.3 Å². The first-order chi connectivity index (χ1) is 6.77. The van der Waals surface area contributed by atoms with Crippen LogP contribution in [-0.4, -0.2) is 13.2 Å². The zero-order valence-corrected chi connectivity index (χ0v) is 9.25. The molecule has 0 amide bonds. The first kappa shape index (κ1) is 11.0. The third-order valence-electron chi connectivity index (χ3n) is 1.67. The van der Waals surface area contributed by atoms with Crippen LogP contribution in [0.25, 0.3) is 0 Å². The molecule has 0 saturated carbocycles. The second-order valence-corrected chi connectivity index (χ2v) is 3.66. The molecule has 0 aliphatic heterocycles. The predicted molar refractivity (Wildman–Crippen MR) is 58.0 cm³/mol. The zero-order chi connectivity index (χ0) is 10.4. The summed E-state index contributed by atoms with van der Waals surface area (Å²) in [5.41, 5.74) is 5.89. The van der Waals surface area contributed by atoms with E-state index in [2.05, 4.69) is 22.0 Å². The molecule has 14 heavy (non-hydrogen) atoms. The normalized spacial score (nSPS) is 9.50. The lowest BCUT2D eigenvalue weighted by Gasteiger charge is -2.06. The van der Waals surface area contributed by atoms with E-state index in [1.165, 1.54) is 0 Å². The Morgan fingerprint density at radius 1 is 1.50 bits per heavy atom. The molecule has 0 fully saturated rings. The summed E-state index contributed by atoms with van der Waals surface area (Å²) in [5, 5.41) is 8.80. The molecule has 0 bridgehead atoms. The van der Waals surface area contributed by atoms with Gasteiger partial charge in [0.05, 0.1) is 12.2 Å². The molecule has 0 heterocycles. The smallest absolute Gasteiger partial charge is 0.138 e. The van der Waals surface area contributed by atoms with Crippen LogP contribution in [0.3, 0.4) is 0 Å². The fraction of sp³-hybridized carbons (Fsp3) is 0.300. The maximum Gasteiger partial charge on any atom is 0.138 e. The van der Waals surface area contributed by atoms with E-state index in [0.29, 0.717) is 24.5 Å². The van der Waals surface area contributed by atoms with Crippen LogP contribution in [0.2, 0.25) is 0 Å². The second kappa shape index (κ2) is 5.63. The maximum atomic E-state index is 8.80. The topological polar surface area (TPSA) is 59.0 Å². The van der Waals surface area contributed by atoms with Crippen molar-refractivity contribution in [3.63, 3.8) is 0 Å². The van der Waals surface area contributed by atoms with Gasteiger partial charge in [0.2, 0.25) is 0 Å². The number of nitriles is 1. The third-order valence-corrected chi connectivity index (χ3v) is 2.16. The number of halogens is 1. The Labute approximate surface area is 91.6 Å². The molecule has 0 atom stereocenters. The number of nitrogens with two attached hydrogens (primary N) is 1. The van der Waals surface area contributed by atoms with Crippen molar-refractivity contribution >= 4 is 15.9 Å². The van der Waals surface area contributed by atoms with Crippen LogP contribution < -0.4 is 10.5 Å². The average molecular weight is 255 g/mol. The molecule has 4 heteroatoms. The van der Waals surface area contributed by atoms with Gasteiger partial charge in [-0.3, -0.25) is 0 Å². The largest absolute Gasteiger partial charge is 0.492 e. The van der Waals surface area contributed by atoms with Gasteiger partial charge in [0.25, 0.3) is 0 Å². The molecule has 1 aromatic carbocycles. The van der Waals surface area contributed by atoms with Gasteiger partial charge in [0.15, 0.2) is 0 Å². The molecule has 74 valence electrons. The predicted octanol–water partition coefficient (Wildman–Crippen LogP) is 2.05. The van der Waals surface area contributed by atoms with Crippen LogP contribution in [-0.2, 0) is 0 Å². The van der Waals surface area contributed by atoms with E-state index in [-0.39, 0.29) is 0 Å². The van der Waals surface area contributed by atoms with Gasteiger partial charge in [-0.15, -0.1) is 0 Å². The SMILES string of the molecule is N#Cc1ccc(Br)cc1OCCCN. The Kier molecular flexibility index (Phi) is 4.44. The van der Waals surface area contributed by atoms with Crippen LogP contribution in [0.5, 0.6) is 5.75 Å². The first-order valence-electron chi connectivity index (χ1n) is 4.30. The van der Waals surface area contributed by atoms with E-state index in [1.54, 1.807) is 12.1 Å². The summed E-state index contributed by atoms with van der Waals surface area (Å²) in [6, 6.07) is 7.40. The molecule has 0 aliphatic carbocycles. The number of benzene rings is 1. The van der Waals surface area contributed by atoms with Crippen molar-refractivity contribution in [3.8, 4) is 11.8 Å². The van der Waals surface area contributed by atoms with Gasteiger partial charge in [-0.05, 0) is 31.2 Å². The summed E-state index contributed by atoms with van der Waals surface area (Å²) in [4.78, 5) is 0. The summed E-state index contributed by atoms with van der Waals surface area (Å²) in [5.74, 6) is 0.607.